The average Bonchev–Trinajstić information content (AvgIpc) is 2.77. The largest absolute Gasteiger partial charge is 0.370 e. The minimum Gasteiger partial charge on any atom is -0.370 e. The predicted octanol–water partition coefficient (Wildman–Crippen LogP) is 1.60. The summed E-state index contributed by atoms with van der Waals surface area (Å²) in [6.45, 7) is 7.79. The fraction of sp³-hybridized carbons (Fsp3) is 0.467. The molecule has 110 valence electrons. The minimum atomic E-state index is 0.745. The first-order valence-electron chi connectivity index (χ1n) is 7.32. The van der Waals surface area contributed by atoms with E-state index in [2.05, 4.69) is 42.1 Å². The van der Waals surface area contributed by atoms with Crippen molar-refractivity contribution in [3.63, 3.8) is 0 Å². The van der Waals surface area contributed by atoms with E-state index in [1.807, 2.05) is 26.2 Å². The van der Waals surface area contributed by atoms with E-state index in [0.717, 1.165) is 49.9 Å². The zero-order chi connectivity index (χ0) is 14.7. The van der Waals surface area contributed by atoms with E-state index in [4.69, 9.17) is 0 Å². The van der Waals surface area contributed by atoms with Gasteiger partial charge in [0.15, 0.2) is 0 Å². The number of hydrogen-bond acceptors (Lipinski definition) is 6. The zero-order valence-corrected chi connectivity index (χ0v) is 12.5. The lowest BCUT2D eigenvalue weighted by molar-refractivity contribution is 0.751. The van der Waals surface area contributed by atoms with Crippen LogP contribution in [-0.2, 0) is 0 Å². The molecule has 0 saturated carbocycles. The molecule has 6 nitrogen and oxygen atoms in total. The second-order valence-corrected chi connectivity index (χ2v) is 5.32. The van der Waals surface area contributed by atoms with Crippen LogP contribution < -0.4 is 9.80 Å². The average molecular weight is 284 g/mol. The first-order chi connectivity index (χ1) is 10.2. The highest BCUT2D eigenvalue weighted by Crippen LogP contribution is 2.17. The van der Waals surface area contributed by atoms with Crippen LogP contribution in [0, 0.1) is 13.8 Å². The summed E-state index contributed by atoms with van der Waals surface area (Å²) >= 11 is 0. The Morgan fingerprint density at radius 2 is 1.57 bits per heavy atom. The van der Waals surface area contributed by atoms with E-state index in [9.17, 15) is 0 Å². The van der Waals surface area contributed by atoms with Crippen LogP contribution in [0.5, 0.6) is 0 Å². The molecule has 0 spiro atoms. The molecule has 0 N–H and O–H groups in total. The van der Waals surface area contributed by atoms with Gasteiger partial charge >= 0.3 is 0 Å². The molecule has 0 aliphatic carbocycles. The van der Waals surface area contributed by atoms with Gasteiger partial charge in [-0.05, 0) is 32.4 Å². The number of rotatable bonds is 2. The molecule has 2 aromatic heterocycles. The van der Waals surface area contributed by atoms with Gasteiger partial charge in [-0.3, -0.25) is 4.98 Å². The predicted molar refractivity (Wildman–Crippen MR) is 82.6 cm³/mol. The van der Waals surface area contributed by atoms with Crippen LogP contribution in [0.2, 0.25) is 0 Å². The highest BCUT2D eigenvalue weighted by Gasteiger charge is 2.18. The lowest BCUT2D eigenvalue weighted by Crippen LogP contribution is -2.32. The smallest absolute Gasteiger partial charge is 0.245 e. The van der Waals surface area contributed by atoms with Crippen LogP contribution in [0.15, 0.2) is 24.5 Å². The number of pyridine rings is 1. The Morgan fingerprint density at radius 1 is 0.857 bits per heavy atom. The molecule has 1 fully saturated rings. The van der Waals surface area contributed by atoms with Crippen LogP contribution >= 0.6 is 0 Å². The second-order valence-electron chi connectivity index (χ2n) is 5.32. The summed E-state index contributed by atoms with van der Waals surface area (Å²) in [6.07, 6.45) is 4.77. The summed E-state index contributed by atoms with van der Waals surface area (Å²) in [5, 5.41) is 8.42. The Labute approximate surface area is 124 Å². The molecule has 0 radical (unpaired) electrons. The molecule has 0 atom stereocenters. The standard InChI is InChI=1S/C15H20N6/c1-12-13(2)18-19-15(17-12)21-9-3-8-20(10-11-21)14-4-6-16-7-5-14/h4-7H,3,8-11H2,1-2H3. The van der Waals surface area contributed by atoms with Gasteiger partial charge in [-0.15, -0.1) is 5.10 Å². The third-order valence-electron chi connectivity index (χ3n) is 3.89. The second kappa shape index (κ2) is 6.03. The molecule has 21 heavy (non-hydrogen) atoms. The molecule has 1 aliphatic heterocycles. The van der Waals surface area contributed by atoms with Crippen molar-refractivity contribution in [2.45, 2.75) is 20.3 Å². The monoisotopic (exact) mass is 284 g/mol. The Kier molecular flexibility index (Phi) is 3.94. The number of nitrogens with zero attached hydrogens (tertiary/aromatic N) is 6. The first-order valence-corrected chi connectivity index (χ1v) is 7.32. The van der Waals surface area contributed by atoms with E-state index in [0.29, 0.717) is 0 Å². The van der Waals surface area contributed by atoms with E-state index in [1.54, 1.807) is 0 Å². The molecular weight excluding hydrogens is 264 g/mol. The van der Waals surface area contributed by atoms with Crippen LogP contribution in [0.1, 0.15) is 17.8 Å². The van der Waals surface area contributed by atoms with Gasteiger partial charge < -0.3 is 9.80 Å². The van der Waals surface area contributed by atoms with Gasteiger partial charge in [0.05, 0.1) is 11.4 Å². The van der Waals surface area contributed by atoms with Crippen molar-refractivity contribution in [1.82, 2.24) is 20.2 Å². The SMILES string of the molecule is Cc1nnc(N2CCCN(c3ccncc3)CC2)nc1C. The van der Waals surface area contributed by atoms with Crippen LogP contribution in [0.4, 0.5) is 11.6 Å². The molecule has 1 saturated heterocycles. The van der Waals surface area contributed by atoms with Crippen molar-refractivity contribution in [2.24, 2.45) is 0 Å². The Hall–Kier alpha value is -2.24. The fourth-order valence-electron chi connectivity index (χ4n) is 2.51. The number of aromatic nitrogens is 4. The maximum Gasteiger partial charge on any atom is 0.245 e. The molecule has 0 unspecified atom stereocenters. The number of hydrogen-bond donors (Lipinski definition) is 0. The van der Waals surface area contributed by atoms with Gasteiger partial charge in [0.25, 0.3) is 0 Å². The molecule has 3 rings (SSSR count). The maximum atomic E-state index is 4.56. The van der Waals surface area contributed by atoms with Gasteiger partial charge in [0.1, 0.15) is 0 Å². The van der Waals surface area contributed by atoms with Crippen LogP contribution in [0.3, 0.4) is 0 Å². The lowest BCUT2D eigenvalue weighted by atomic mass is 10.3. The van der Waals surface area contributed by atoms with Gasteiger partial charge in [0, 0.05) is 44.3 Å². The lowest BCUT2D eigenvalue weighted by Gasteiger charge is -2.23. The van der Waals surface area contributed by atoms with E-state index < -0.39 is 0 Å². The van der Waals surface area contributed by atoms with E-state index in [-0.39, 0.29) is 0 Å². The van der Waals surface area contributed by atoms with Crippen molar-refractivity contribution in [3.05, 3.63) is 35.9 Å². The quantitative estimate of drug-likeness (QED) is 0.835. The van der Waals surface area contributed by atoms with Crippen molar-refractivity contribution < 1.29 is 0 Å². The minimum absolute atomic E-state index is 0.745. The van der Waals surface area contributed by atoms with E-state index in [1.165, 1.54) is 5.69 Å². The molecule has 0 aromatic carbocycles. The molecule has 1 aliphatic rings. The van der Waals surface area contributed by atoms with Gasteiger partial charge in [0.2, 0.25) is 5.95 Å². The van der Waals surface area contributed by atoms with Crippen molar-refractivity contribution in [3.8, 4) is 0 Å². The Morgan fingerprint density at radius 3 is 2.33 bits per heavy atom. The van der Waals surface area contributed by atoms with Crippen molar-refractivity contribution in [1.29, 1.82) is 0 Å². The van der Waals surface area contributed by atoms with Crippen LogP contribution in [-0.4, -0.2) is 46.3 Å². The normalized spacial score (nSPS) is 15.9. The van der Waals surface area contributed by atoms with Crippen LogP contribution in [0.25, 0.3) is 0 Å². The summed E-state index contributed by atoms with van der Waals surface area (Å²) in [5.41, 5.74) is 3.08. The highest BCUT2D eigenvalue weighted by molar-refractivity contribution is 5.45. The van der Waals surface area contributed by atoms with Gasteiger partial charge in [-0.1, -0.05) is 0 Å². The summed E-state index contributed by atoms with van der Waals surface area (Å²) in [6, 6.07) is 4.12. The molecule has 3 heterocycles. The number of aryl methyl sites for hydroxylation is 2. The summed E-state index contributed by atoms with van der Waals surface area (Å²) in [7, 11) is 0. The van der Waals surface area contributed by atoms with Gasteiger partial charge in [-0.25, -0.2) is 4.98 Å². The number of anilines is 2. The summed E-state index contributed by atoms with van der Waals surface area (Å²) in [5.74, 6) is 0.745. The summed E-state index contributed by atoms with van der Waals surface area (Å²) < 4.78 is 0. The summed E-state index contributed by atoms with van der Waals surface area (Å²) in [4.78, 5) is 13.2. The van der Waals surface area contributed by atoms with Crippen molar-refractivity contribution >= 4 is 11.6 Å². The molecule has 2 aromatic rings. The fourth-order valence-corrected chi connectivity index (χ4v) is 2.51. The molecular formula is C15H20N6. The topological polar surface area (TPSA) is 58.0 Å². The molecule has 6 heteroatoms. The van der Waals surface area contributed by atoms with Crippen molar-refractivity contribution in [2.75, 3.05) is 36.0 Å². The third-order valence-corrected chi connectivity index (χ3v) is 3.89. The van der Waals surface area contributed by atoms with Gasteiger partial charge in [-0.2, -0.15) is 5.10 Å². The zero-order valence-electron chi connectivity index (χ0n) is 12.5. The Balaban J connectivity index is 1.72. The third kappa shape index (κ3) is 3.09. The van der Waals surface area contributed by atoms with E-state index >= 15 is 0 Å². The first kappa shape index (κ1) is 13.7. The molecule has 0 amide bonds. The Bertz CT molecular complexity index is 600. The highest BCUT2D eigenvalue weighted by atomic mass is 15.3. The maximum absolute atomic E-state index is 4.56. The molecule has 0 bridgehead atoms.